The first-order valence-electron chi connectivity index (χ1n) is 6.17. The molecule has 1 aromatic carbocycles. The molecule has 0 aromatic heterocycles. The predicted octanol–water partition coefficient (Wildman–Crippen LogP) is 2.91. The third-order valence-electron chi connectivity index (χ3n) is 3.73. The summed E-state index contributed by atoms with van der Waals surface area (Å²) in [6, 6.07) is 6.54. The standard InChI is InChI=1S/C14H18FNO2/c1-14(2)8-7-10(13(17)18)9-16(14)12-6-4-3-5-11(12)15/h3-6,10H,7-9H2,1-2H3,(H,17,18). The van der Waals surface area contributed by atoms with Gasteiger partial charge in [0.1, 0.15) is 5.82 Å². The maximum atomic E-state index is 13.9. The molecule has 18 heavy (non-hydrogen) atoms. The number of carboxylic acid groups (broad SMARTS) is 1. The van der Waals surface area contributed by atoms with Crippen molar-refractivity contribution in [3.63, 3.8) is 0 Å². The van der Waals surface area contributed by atoms with Gasteiger partial charge in [0.05, 0.1) is 11.6 Å². The van der Waals surface area contributed by atoms with Gasteiger partial charge in [-0.25, -0.2) is 4.39 Å². The number of rotatable bonds is 2. The molecule has 1 N–H and O–H groups in total. The third kappa shape index (κ3) is 2.33. The van der Waals surface area contributed by atoms with Crippen LogP contribution >= 0.6 is 0 Å². The van der Waals surface area contributed by atoms with Gasteiger partial charge in [-0.2, -0.15) is 0 Å². The smallest absolute Gasteiger partial charge is 0.308 e. The van der Waals surface area contributed by atoms with E-state index in [-0.39, 0.29) is 11.4 Å². The second kappa shape index (κ2) is 4.59. The minimum absolute atomic E-state index is 0.214. The van der Waals surface area contributed by atoms with E-state index in [1.165, 1.54) is 6.07 Å². The lowest BCUT2D eigenvalue weighted by Gasteiger charge is -2.46. The van der Waals surface area contributed by atoms with Gasteiger partial charge in [0.2, 0.25) is 0 Å². The van der Waals surface area contributed by atoms with Crippen LogP contribution in [0.2, 0.25) is 0 Å². The summed E-state index contributed by atoms with van der Waals surface area (Å²) in [5.74, 6) is -1.51. The normalized spacial score (nSPS) is 22.8. The summed E-state index contributed by atoms with van der Waals surface area (Å²) in [5.41, 5.74) is 0.280. The number of benzene rings is 1. The van der Waals surface area contributed by atoms with Crippen molar-refractivity contribution in [1.82, 2.24) is 0 Å². The molecule has 1 atom stereocenters. The van der Waals surface area contributed by atoms with Crippen LogP contribution in [-0.2, 0) is 4.79 Å². The molecule has 98 valence electrons. The summed E-state index contributed by atoms with van der Waals surface area (Å²) in [6.45, 7) is 4.41. The van der Waals surface area contributed by atoms with E-state index >= 15 is 0 Å². The van der Waals surface area contributed by atoms with Crippen molar-refractivity contribution in [2.75, 3.05) is 11.4 Å². The van der Waals surface area contributed by atoms with Crippen LogP contribution in [0.15, 0.2) is 24.3 Å². The van der Waals surface area contributed by atoms with Gasteiger partial charge < -0.3 is 10.0 Å². The number of hydrogen-bond donors (Lipinski definition) is 1. The minimum atomic E-state index is -0.799. The topological polar surface area (TPSA) is 40.5 Å². The van der Waals surface area contributed by atoms with Gasteiger partial charge in [-0.1, -0.05) is 12.1 Å². The molecule has 1 aliphatic heterocycles. The highest BCUT2D eigenvalue weighted by atomic mass is 19.1. The number of carbonyl (C=O) groups is 1. The molecule has 4 heteroatoms. The number of nitrogens with zero attached hydrogens (tertiary/aromatic N) is 1. The van der Waals surface area contributed by atoms with E-state index in [1.54, 1.807) is 18.2 Å². The first kappa shape index (κ1) is 12.9. The molecule has 0 spiro atoms. The van der Waals surface area contributed by atoms with Crippen LogP contribution in [-0.4, -0.2) is 23.2 Å². The van der Waals surface area contributed by atoms with E-state index in [0.29, 0.717) is 18.7 Å². The molecule has 0 aliphatic carbocycles. The highest BCUT2D eigenvalue weighted by molar-refractivity contribution is 5.71. The average molecular weight is 251 g/mol. The largest absolute Gasteiger partial charge is 0.481 e. The summed E-state index contributed by atoms with van der Waals surface area (Å²) in [6.07, 6.45) is 1.39. The highest BCUT2D eigenvalue weighted by Gasteiger charge is 2.37. The van der Waals surface area contributed by atoms with Gasteiger partial charge in [0, 0.05) is 12.1 Å². The molecule has 1 heterocycles. The summed E-state index contributed by atoms with van der Waals surface area (Å²) in [5, 5.41) is 9.12. The van der Waals surface area contributed by atoms with E-state index in [0.717, 1.165) is 6.42 Å². The first-order chi connectivity index (χ1) is 8.42. The summed E-state index contributed by atoms with van der Waals surface area (Å²) in [7, 11) is 0. The molecule has 1 aromatic rings. The van der Waals surface area contributed by atoms with Gasteiger partial charge in [-0.05, 0) is 38.8 Å². The Morgan fingerprint density at radius 3 is 2.72 bits per heavy atom. The van der Waals surface area contributed by atoms with E-state index < -0.39 is 11.9 Å². The fourth-order valence-electron chi connectivity index (χ4n) is 2.52. The number of halogens is 1. The van der Waals surface area contributed by atoms with Gasteiger partial charge in [0.25, 0.3) is 0 Å². The molecule has 1 unspecified atom stereocenters. The van der Waals surface area contributed by atoms with Crippen molar-refractivity contribution < 1.29 is 14.3 Å². The van der Waals surface area contributed by atoms with Crippen LogP contribution in [0, 0.1) is 11.7 Å². The van der Waals surface area contributed by atoms with E-state index in [2.05, 4.69) is 0 Å². The molecule has 1 aliphatic rings. The van der Waals surface area contributed by atoms with Crippen molar-refractivity contribution in [3.8, 4) is 0 Å². The lowest BCUT2D eigenvalue weighted by atomic mass is 9.84. The van der Waals surface area contributed by atoms with Crippen molar-refractivity contribution in [3.05, 3.63) is 30.1 Å². The Bertz CT molecular complexity index is 459. The molecule has 1 fully saturated rings. The van der Waals surface area contributed by atoms with Crippen molar-refractivity contribution in [2.24, 2.45) is 5.92 Å². The van der Waals surface area contributed by atoms with Crippen LogP contribution in [0.4, 0.5) is 10.1 Å². The molecule has 2 rings (SSSR count). The zero-order valence-electron chi connectivity index (χ0n) is 10.7. The first-order valence-corrected chi connectivity index (χ1v) is 6.17. The Kier molecular flexibility index (Phi) is 3.28. The molecular formula is C14H18FNO2. The molecule has 1 saturated heterocycles. The molecule has 0 bridgehead atoms. The fourth-order valence-corrected chi connectivity index (χ4v) is 2.52. The second-order valence-corrected chi connectivity index (χ2v) is 5.45. The van der Waals surface area contributed by atoms with Crippen LogP contribution in [0.3, 0.4) is 0 Å². The average Bonchev–Trinajstić information content (AvgIpc) is 2.29. The maximum Gasteiger partial charge on any atom is 0.308 e. The Balaban J connectivity index is 2.33. The number of carboxylic acids is 1. The van der Waals surface area contributed by atoms with Gasteiger partial charge >= 0.3 is 5.97 Å². The van der Waals surface area contributed by atoms with Crippen molar-refractivity contribution >= 4 is 11.7 Å². The molecule has 0 saturated carbocycles. The Morgan fingerprint density at radius 2 is 2.11 bits per heavy atom. The molecule has 0 amide bonds. The fraction of sp³-hybridized carbons (Fsp3) is 0.500. The lowest BCUT2D eigenvalue weighted by molar-refractivity contribution is -0.142. The quantitative estimate of drug-likeness (QED) is 0.878. The predicted molar refractivity (Wildman–Crippen MR) is 68.2 cm³/mol. The van der Waals surface area contributed by atoms with Gasteiger partial charge in [-0.3, -0.25) is 4.79 Å². The van der Waals surface area contributed by atoms with Crippen LogP contribution in [0.5, 0.6) is 0 Å². The SMILES string of the molecule is CC1(C)CCC(C(=O)O)CN1c1ccccc1F. The maximum absolute atomic E-state index is 13.9. The molecular weight excluding hydrogens is 233 g/mol. The monoisotopic (exact) mass is 251 g/mol. The van der Waals surface area contributed by atoms with Crippen molar-refractivity contribution in [1.29, 1.82) is 0 Å². The van der Waals surface area contributed by atoms with E-state index in [1.807, 2.05) is 18.7 Å². The van der Waals surface area contributed by atoms with Crippen LogP contribution in [0.1, 0.15) is 26.7 Å². The zero-order valence-corrected chi connectivity index (χ0v) is 10.7. The number of hydrogen-bond acceptors (Lipinski definition) is 2. The number of piperidine rings is 1. The number of aliphatic carboxylic acids is 1. The van der Waals surface area contributed by atoms with E-state index in [9.17, 15) is 9.18 Å². The summed E-state index contributed by atoms with van der Waals surface area (Å²) < 4.78 is 13.9. The molecule has 3 nitrogen and oxygen atoms in total. The van der Waals surface area contributed by atoms with Gasteiger partial charge in [0.15, 0.2) is 0 Å². The van der Waals surface area contributed by atoms with E-state index in [4.69, 9.17) is 5.11 Å². The Morgan fingerprint density at radius 1 is 1.44 bits per heavy atom. The van der Waals surface area contributed by atoms with Crippen molar-refractivity contribution in [2.45, 2.75) is 32.2 Å². The summed E-state index contributed by atoms with van der Waals surface area (Å²) in [4.78, 5) is 13.0. The zero-order chi connectivity index (χ0) is 13.3. The third-order valence-corrected chi connectivity index (χ3v) is 3.73. The molecule has 0 radical (unpaired) electrons. The summed E-state index contributed by atoms with van der Waals surface area (Å²) >= 11 is 0. The van der Waals surface area contributed by atoms with Gasteiger partial charge in [-0.15, -0.1) is 0 Å². The number of para-hydroxylation sites is 1. The minimum Gasteiger partial charge on any atom is -0.481 e. The highest BCUT2D eigenvalue weighted by Crippen LogP contribution is 2.35. The lowest BCUT2D eigenvalue weighted by Crippen LogP contribution is -2.52. The van der Waals surface area contributed by atoms with Crippen LogP contribution < -0.4 is 4.90 Å². The Hall–Kier alpha value is -1.58. The second-order valence-electron chi connectivity index (χ2n) is 5.45. The van der Waals surface area contributed by atoms with Crippen LogP contribution in [0.25, 0.3) is 0 Å². The Labute approximate surface area is 106 Å². The number of anilines is 1.